The van der Waals surface area contributed by atoms with Crippen LogP contribution in [-0.2, 0) is 0 Å². The van der Waals surface area contributed by atoms with Crippen molar-refractivity contribution < 1.29 is 4.79 Å². The van der Waals surface area contributed by atoms with Crippen molar-refractivity contribution in [1.82, 2.24) is 15.5 Å². The molecule has 0 saturated carbocycles. The molecule has 0 aliphatic carbocycles. The second-order valence-corrected chi connectivity index (χ2v) is 5.71. The molecule has 9 heteroatoms. The number of nitrogens with one attached hydrogen (secondary N) is 3. The van der Waals surface area contributed by atoms with Crippen LogP contribution < -0.4 is 16.0 Å². The molecule has 0 spiro atoms. The number of halogens is 3. The molecule has 23 heavy (non-hydrogen) atoms. The van der Waals surface area contributed by atoms with Crippen molar-refractivity contribution in [2.45, 2.75) is 12.8 Å². The zero-order valence-electron chi connectivity index (χ0n) is 12.7. The van der Waals surface area contributed by atoms with Gasteiger partial charge in [0.25, 0.3) is 0 Å². The number of benzene rings is 1. The van der Waals surface area contributed by atoms with E-state index >= 15 is 0 Å². The monoisotopic (exact) mass is 379 g/mol. The van der Waals surface area contributed by atoms with E-state index in [4.69, 9.17) is 23.2 Å². The number of guanidine groups is 1. The number of rotatable bonds is 3. The Morgan fingerprint density at radius 2 is 1.87 bits per heavy atom. The van der Waals surface area contributed by atoms with Gasteiger partial charge in [0.05, 0.1) is 22.4 Å². The van der Waals surface area contributed by atoms with Gasteiger partial charge in [0.15, 0.2) is 0 Å². The maximum Gasteiger partial charge on any atom is 0.321 e. The first-order valence-electron chi connectivity index (χ1n) is 7.06. The Bertz CT molecular complexity index is 541. The predicted octanol–water partition coefficient (Wildman–Crippen LogP) is 3.17. The molecule has 1 heterocycles. The quantitative estimate of drug-likeness (QED) is 0.557. The first-order chi connectivity index (χ1) is 10.6. The molecule has 128 valence electrons. The Morgan fingerprint density at radius 1 is 1.26 bits per heavy atom. The summed E-state index contributed by atoms with van der Waals surface area (Å²) < 4.78 is 0. The number of hydrogen-bond acceptors (Lipinski definition) is 3. The molecule has 1 aliphatic heterocycles. The van der Waals surface area contributed by atoms with Crippen LogP contribution in [0.1, 0.15) is 12.8 Å². The number of nitrogens with zero attached hydrogens (tertiary/aromatic N) is 2. The normalized spacial score (nSPS) is 15.0. The zero-order chi connectivity index (χ0) is 15.9. The lowest BCUT2D eigenvalue weighted by Crippen LogP contribution is -2.42. The lowest BCUT2D eigenvalue weighted by Gasteiger charge is -2.16. The van der Waals surface area contributed by atoms with Crippen LogP contribution in [0.5, 0.6) is 0 Å². The predicted molar refractivity (Wildman–Crippen MR) is 98.0 cm³/mol. The van der Waals surface area contributed by atoms with Crippen molar-refractivity contribution in [2.24, 2.45) is 4.99 Å². The summed E-state index contributed by atoms with van der Waals surface area (Å²) in [4.78, 5) is 18.2. The number of urea groups is 1. The van der Waals surface area contributed by atoms with E-state index in [2.05, 4.69) is 25.8 Å². The molecule has 0 atom stereocenters. The van der Waals surface area contributed by atoms with E-state index < -0.39 is 0 Å². The van der Waals surface area contributed by atoms with E-state index in [9.17, 15) is 4.79 Å². The average Bonchev–Trinajstić information content (AvgIpc) is 3.01. The average molecular weight is 381 g/mol. The summed E-state index contributed by atoms with van der Waals surface area (Å²) in [6, 6.07) is 4.82. The van der Waals surface area contributed by atoms with Gasteiger partial charge in [-0.15, -0.1) is 12.4 Å². The van der Waals surface area contributed by atoms with Gasteiger partial charge in [-0.05, 0) is 38.1 Å². The third-order valence-corrected chi connectivity index (χ3v) is 3.92. The fourth-order valence-electron chi connectivity index (χ4n) is 2.11. The van der Waals surface area contributed by atoms with Crippen LogP contribution in [0.4, 0.5) is 10.5 Å². The number of hydrogen-bond donors (Lipinski definition) is 3. The molecule has 1 aromatic carbocycles. The Hall–Kier alpha value is -1.21. The zero-order valence-corrected chi connectivity index (χ0v) is 15.1. The summed E-state index contributed by atoms with van der Waals surface area (Å²) in [5.74, 6) is 0.307. The van der Waals surface area contributed by atoms with Gasteiger partial charge in [0.2, 0.25) is 5.96 Å². The first kappa shape index (κ1) is 19.8. The van der Waals surface area contributed by atoms with Crippen LogP contribution in [0.3, 0.4) is 0 Å². The van der Waals surface area contributed by atoms with E-state index in [1.165, 1.54) is 19.9 Å². The molecule has 0 unspecified atom stereocenters. The highest BCUT2D eigenvalue weighted by Crippen LogP contribution is 2.29. The topological polar surface area (TPSA) is 68.8 Å². The summed E-state index contributed by atoms with van der Waals surface area (Å²) in [6.07, 6.45) is 2.36. The van der Waals surface area contributed by atoms with Gasteiger partial charge in [-0.1, -0.05) is 29.3 Å². The van der Waals surface area contributed by atoms with Gasteiger partial charge < -0.3 is 10.6 Å². The Labute approximate surface area is 152 Å². The molecule has 2 amide bonds. The minimum atomic E-state index is -0.365. The molecule has 6 nitrogen and oxygen atoms in total. The molecular formula is C14H20Cl3N5O. The van der Waals surface area contributed by atoms with Crippen LogP contribution in [-0.4, -0.2) is 43.7 Å². The Morgan fingerprint density at radius 3 is 2.43 bits per heavy atom. The number of carbonyl (C=O) groups is 1. The van der Waals surface area contributed by atoms with Crippen LogP contribution in [0.25, 0.3) is 0 Å². The van der Waals surface area contributed by atoms with E-state index in [0.717, 1.165) is 13.1 Å². The Balaban J connectivity index is 0.00000264. The molecular weight excluding hydrogens is 361 g/mol. The molecule has 3 N–H and O–H groups in total. The first-order valence-corrected chi connectivity index (χ1v) is 7.82. The summed E-state index contributed by atoms with van der Waals surface area (Å²) in [6.45, 7) is 2.54. The summed E-state index contributed by atoms with van der Waals surface area (Å²) >= 11 is 12.3. The summed E-state index contributed by atoms with van der Waals surface area (Å²) in [7, 11) is 1.54. The van der Waals surface area contributed by atoms with Crippen LogP contribution >= 0.6 is 35.6 Å². The van der Waals surface area contributed by atoms with Gasteiger partial charge in [0.1, 0.15) is 0 Å². The number of anilines is 1. The fourth-order valence-corrected chi connectivity index (χ4v) is 2.60. The highest BCUT2D eigenvalue weighted by atomic mass is 35.5. The highest BCUT2D eigenvalue weighted by Gasteiger charge is 2.13. The third-order valence-electron chi connectivity index (χ3n) is 3.29. The van der Waals surface area contributed by atoms with Gasteiger partial charge in [-0.2, -0.15) is 0 Å². The fraction of sp³-hybridized carbons (Fsp3) is 0.429. The molecule has 1 aromatic rings. The SMILES string of the molecule is CNC(=O)NC(=NCN1CCCC1)Nc1c(Cl)cccc1Cl.Cl. The lowest BCUT2D eigenvalue weighted by atomic mass is 10.3. The third kappa shape index (κ3) is 6.06. The lowest BCUT2D eigenvalue weighted by molar-refractivity contribution is 0.247. The minimum absolute atomic E-state index is 0. The maximum absolute atomic E-state index is 11.6. The van der Waals surface area contributed by atoms with Crippen LogP contribution in [0, 0.1) is 0 Å². The molecule has 0 radical (unpaired) electrons. The van der Waals surface area contributed by atoms with Gasteiger partial charge in [-0.25, -0.2) is 9.79 Å². The number of carbonyl (C=O) groups excluding carboxylic acids is 1. The van der Waals surface area contributed by atoms with Crippen molar-refractivity contribution in [3.05, 3.63) is 28.2 Å². The number of amides is 2. The van der Waals surface area contributed by atoms with E-state index in [1.807, 2.05) is 0 Å². The Kier molecular flexibility index (Phi) is 8.47. The molecule has 1 saturated heterocycles. The van der Waals surface area contributed by atoms with E-state index in [-0.39, 0.29) is 18.4 Å². The van der Waals surface area contributed by atoms with Gasteiger partial charge in [0, 0.05) is 7.05 Å². The summed E-state index contributed by atoms with van der Waals surface area (Å²) in [5.41, 5.74) is 0.516. The molecule has 0 bridgehead atoms. The van der Waals surface area contributed by atoms with Crippen LogP contribution in [0.2, 0.25) is 10.0 Å². The molecule has 0 aromatic heterocycles. The second-order valence-electron chi connectivity index (χ2n) is 4.90. The highest BCUT2D eigenvalue weighted by molar-refractivity contribution is 6.39. The van der Waals surface area contributed by atoms with Gasteiger partial charge in [-0.3, -0.25) is 10.2 Å². The van der Waals surface area contributed by atoms with Crippen molar-refractivity contribution in [1.29, 1.82) is 0 Å². The summed E-state index contributed by atoms with van der Waals surface area (Å²) in [5, 5.41) is 9.04. The largest absolute Gasteiger partial charge is 0.341 e. The van der Waals surface area contributed by atoms with Gasteiger partial charge >= 0.3 is 6.03 Å². The van der Waals surface area contributed by atoms with E-state index in [0.29, 0.717) is 28.4 Å². The molecule has 2 rings (SSSR count). The minimum Gasteiger partial charge on any atom is -0.341 e. The smallest absolute Gasteiger partial charge is 0.321 e. The van der Waals surface area contributed by atoms with Crippen molar-refractivity contribution in [3.63, 3.8) is 0 Å². The standard InChI is InChI=1S/C14H19Cl2N5O.ClH/c1-17-14(22)20-13(18-9-21-7-2-3-8-21)19-12-10(15)5-4-6-11(12)16;/h4-6H,2-3,7-9H2,1H3,(H3,17,18,19,20,22);1H. The molecule has 1 fully saturated rings. The number of para-hydroxylation sites is 1. The van der Waals surface area contributed by atoms with Crippen molar-refractivity contribution >= 4 is 53.3 Å². The number of aliphatic imine (C=N–C) groups is 1. The van der Waals surface area contributed by atoms with Crippen LogP contribution in [0.15, 0.2) is 23.2 Å². The second kappa shape index (κ2) is 9.82. The molecule has 1 aliphatic rings. The van der Waals surface area contributed by atoms with Crippen molar-refractivity contribution in [2.75, 3.05) is 32.1 Å². The van der Waals surface area contributed by atoms with Crippen molar-refractivity contribution in [3.8, 4) is 0 Å². The van der Waals surface area contributed by atoms with E-state index in [1.54, 1.807) is 18.2 Å². The number of likely N-dealkylation sites (tertiary alicyclic amines) is 1. The maximum atomic E-state index is 11.6.